The van der Waals surface area contributed by atoms with Crippen LogP contribution in [0.4, 0.5) is 4.39 Å². The third kappa shape index (κ3) is 1.61. The summed E-state index contributed by atoms with van der Waals surface area (Å²) in [4.78, 5) is 0. The Hall–Kier alpha value is -1.40. The normalized spacial score (nSPS) is 17.4. The quantitative estimate of drug-likeness (QED) is 0.739. The molecule has 2 rings (SSSR count). The van der Waals surface area contributed by atoms with E-state index >= 15 is 0 Å². The van der Waals surface area contributed by atoms with Crippen LogP contribution in [-0.4, -0.2) is 6.54 Å². The summed E-state index contributed by atoms with van der Waals surface area (Å²) in [5, 5.41) is 11.6. The van der Waals surface area contributed by atoms with Crippen molar-refractivity contribution >= 4 is 0 Å². The van der Waals surface area contributed by atoms with Gasteiger partial charge in [0.25, 0.3) is 0 Å². The fourth-order valence-corrected chi connectivity index (χ4v) is 1.69. The van der Waals surface area contributed by atoms with E-state index in [0.29, 0.717) is 6.54 Å². The number of nitrogens with zero attached hydrogens (tertiary/aromatic N) is 1. The van der Waals surface area contributed by atoms with E-state index in [-0.39, 0.29) is 11.4 Å². The van der Waals surface area contributed by atoms with Crippen LogP contribution < -0.4 is 5.32 Å². The van der Waals surface area contributed by atoms with Crippen LogP contribution in [0.1, 0.15) is 18.4 Å². The molecule has 14 heavy (non-hydrogen) atoms. The number of rotatable bonds is 3. The lowest BCUT2D eigenvalue weighted by molar-refractivity contribution is 0.549. The molecule has 0 heterocycles. The zero-order chi connectivity index (χ0) is 10.0. The van der Waals surface area contributed by atoms with Gasteiger partial charge in [0.15, 0.2) is 0 Å². The first-order valence-electron chi connectivity index (χ1n) is 4.65. The highest BCUT2D eigenvalue weighted by Gasteiger charge is 2.43. The number of halogens is 1. The van der Waals surface area contributed by atoms with Crippen LogP contribution >= 0.6 is 0 Å². The second-order valence-corrected chi connectivity index (χ2v) is 3.60. The lowest BCUT2D eigenvalue weighted by atomic mass is 10.1. The number of hydrogen-bond donors (Lipinski definition) is 1. The lowest BCUT2D eigenvalue weighted by Gasteiger charge is -2.15. The van der Waals surface area contributed by atoms with Crippen molar-refractivity contribution in [1.82, 2.24) is 5.32 Å². The second-order valence-electron chi connectivity index (χ2n) is 3.60. The van der Waals surface area contributed by atoms with E-state index in [1.807, 2.05) is 12.1 Å². The lowest BCUT2D eigenvalue weighted by Crippen LogP contribution is -2.29. The zero-order valence-electron chi connectivity index (χ0n) is 7.76. The Balaban J connectivity index is 2.18. The fraction of sp³-hybridized carbons (Fsp3) is 0.364. The van der Waals surface area contributed by atoms with Crippen molar-refractivity contribution in [2.45, 2.75) is 18.4 Å². The predicted octanol–water partition coefficient (Wildman–Crippen LogP) is 1.93. The Morgan fingerprint density at radius 1 is 1.50 bits per heavy atom. The second kappa shape index (κ2) is 3.39. The van der Waals surface area contributed by atoms with Crippen LogP contribution in [-0.2, 0) is 5.54 Å². The van der Waals surface area contributed by atoms with Gasteiger partial charge in [-0.05, 0) is 30.5 Å². The third-order valence-electron chi connectivity index (χ3n) is 2.63. The van der Waals surface area contributed by atoms with Crippen LogP contribution in [0.2, 0.25) is 0 Å². The summed E-state index contributed by atoms with van der Waals surface area (Å²) >= 11 is 0. The van der Waals surface area contributed by atoms with Crippen molar-refractivity contribution in [1.29, 1.82) is 5.26 Å². The van der Waals surface area contributed by atoms with Crippen molar-refractivity contribution in [3.05, 3.63) is 35.6 Å². The van der Waals surface area contributed by atoms with E-state index in [9.17, 15) is 4.39 Å². The Labute approximate surface area is 82.4 Å². The first-order chi connectivity index (χ1) is 6.77. The van der Waals surface area contributed by atoms with Crippen molar-refractivity contribution in [2.24, 2.45) is 0 Å². The third-order valence-corrected chi connectivity index (χ3v) is 2.63. The van der Waals surface area contributed by atoms with E-state index in [1.165, 1.54) is 12.1 Å². The molecule has 1 aromatic carbocycles. The highest BCUT2D eigenvalue weighted by Crippen LogP contribution is 2.45. The van der Waals surface area contributed by atoms with E-state index in [0.717, 1.165) is 18.4 Å². The molecular weight excluding hydrogens is 179 g/mol. The Morgan fingerprint density at radius 3 is 2.86 bits per heavy atom. The van der Waals surface area contributed by atoms with E-state index in [4.69, 9.17) is 5.26 Å². The number of nitriles is 1. The summed E-state index contributed by atoms with van der Waals surface area (Å²) < 4.78 is 13.0. The number of benzene rings is 1. The maximum absolute atomic E-state index is 13.0. The van der Waals surface area contributed by atoms with Crippen molar-refractivity contribution < 1.29 is 4.39 Å². The monoisotopic (exact) mass is 190 g/mol. The molecule has 1 aromatic rings. The molecule has 1 fully saturated rings. The van der Waals surface area contributed by atoms with E-state index < -0.39 is 0 Å². The summed E-state index contributed by atoms with van der Waals surface area (Å²) in [5.74, 6) is -0.215. The van der Waals surface area contributed by atoms with Crippen LogP contribution in [0.3, 0.4) is 0 Å². The fourth-order valence-electron chi connectivity index (χ4n) is 1.69. The highest BCUT2D eigenvalue weighted by atomic mass is 19.1. The summed E-state index contributed by atoms with van der Waals surface area (Å²) in [6.07, 6.45) is 1.97. The Bertz CT molecular complexity index is 377. The van der Waals surface area contributed by atoms with Gasteiger partial charge in [0.1, 0.15) is 5.82 Å². The average molecular weight is 190 g/mol. The first kappa shape index (κ1) is 9.17. The topological polar surface area (TPSA) is 35.8 Å². The van der Waals surface area contributed by atoms with Crippen LogP contribution in [0, 0.1) is 17.1 Å². The minimum absolute atomic E-state index is 0.127. The maximum atomic E-state index is 13.0. The standard InChI is InChI=1S/C11H11FN2/c12-10-3-1-2-9(8-10)11(4-5-11)14-7-6-13/h1-3,8,14H,4-5,7H2. The largest absolute Gasteiger partial charge is 0.295 e. The summed E-state index contributed by atoms with van der Waals surface area (Å²) in [7, 11) is 0. The molecule has 0 saturated heterocycles. The average Bonchev–Trinajstić information content (AvgIpc) is 2.96. The molecule has 1 aliphatic carbocycles. The number of nitrogens with one attached hydrogen (secondary N) is 1. The van der Waals surface area contributed by atoms with Gasteiger partial charge < -0.3 is 0 Å². The summed E-state index contributed by atoms with van der Waals surface area (Å²) in [5.41, 5.74) is 0.824. The molecule has 0 atom stereocenters. The molecular formula is C11H11FN2. The van der Waals surface area contributed by atoms with Gasteiger partial charge in [0.05, 0.1) is 12.6 Å². The predicted molar refractivity (Wildman–Crippen MR) is 50.9 cm³/mol. The smallest absolute Gasteiger partial charge is 0.123 e. The SMILES string of the molecule is N#CCNC1(c2cccc(F)c2)CC1. The van der Waals surface area contributed by atoms with Crippen molar-refractivity contribution in [3.63, 3.8) is 0 Å². The van der Waals surface area contributed by atoms with Crippen LogP contribution in [0.15, 0.2) is 24.3 Å². The molecule has 0 radical (unpaired) electrons. The maximum Gasteiger partial charge on any atom is 0.123 e. The summed E-state index contributed by atoms with van der Waals surface area (Å²) in [6.45, 7) is 0.316. The minimum Gasteiger partial charge on any atom is -0.295 e. The van der Waals surface area contributed by atoms with E-state index in [2.05, 4.69) is 5.32 Å². The molecule has 1 saturated carbocycles. The Kier molecular flexibility index (Phi) is 2.22. The molecule has 0 aromatic heterocycles. The molecule has 3 heteroatoms. The van der Waals surface area contributed by atoms with Gasteiger partial charge in [0, 0.05) is 5.54 Å². The molecule has 72 valence electrons. The molecule has 0 amide bonds. The van der Waals surface area contributed by atoms with Crippen LogP contribution in [0.25, 0.3) is 0 Å². The van der Waals surface area contributed by atoms with Gasteiger partial charge in [0.2, 0.25) is 0 Å². The van der Waals surface area contributed by atoms with Gasteiger partial charge in [-0.25, -0.2) is 4.39 Å². The molecule has 1 aliphatic rings. The molecule has 2 nitrogen and oxygen atoms in total. The van der Waals surface area contributed by atoms with Gasteiger partial charge in [-0.15, -0.1) is 0 Å². The van der Waals surface area contributed by atoms with Crippen LogP contribution in [0.5, 0.6) is 0 Å². The molecule has 1 N–H and O–H groups in total. The first-order valence-corrected chi connectivity index (χ1v) is 4.65. The Morgan fingerprint density at radius 2 is 2.29 bits per heavy atom. The minimum atomic E-state index is -0.215. The van der Waals surface area contributed by atoms with Gasteiger partial charge in [-0.1, -0.05) is 12.1 Å². The molecule has 0 unspecified atom stereocenters. The molecule has 0 bridgehead atoms. The van der Waals surface area contributed by atoms with Gasteiger partial charge >= 0.3 is 0 Å². The van der Waals surface area contributed by atoms with Gasteiger partial charge in [-0.2, -0.15) is 5.26 Å². The van der Waals surface area contributed by atoms with Crippen molar-refractivity contribution in [3.8, 4) is 6.07 Å². The zero-order valence-corrected chi connectivity index (χ0v) is 7.76. The van der Waals surface area contributed by atoms with Crippen molar-refractivity contribution in [2.75, 3.05) is 6.54 Å². The molecule has 0 spiro atoms. The number of hydrogen-bond acceptors (Lipinski definition) is 2. The van der Waals surface area contributed by atoms with Gasteiger partial charge in [-0.3, -0.25) is 5.32 Å². The summed E-state index contributed by atoms with van der Waals surface area (Å²) in [6, 6.07) is 8.63. The molecule has 0 aliphatic heterocycles. The van der Waals surface area contributed by atoms with E-state index in [1.54, 1.807) is 6.07 Å². The highest BCUT2D eigenvalue weighted by molar-refractivity contribution is 5.30.